The molecule has 2 aromatic heterocycles. The molecule has 0 aromatic carbocycles. The molecule has 0 radical (unpaired) electrons. The Morgan fingerprint density at radius 2 is 2.24 bits per heavy atom. The summed E-state index contributed by atoms with van der Waals surface area (Å²) < 4.78 is 11.4. The summed E-state index contributed by atoms with van der Waals surface area (Å²) in [6.45, 7) is 3.73. The maximum Gasteiger partial charge on any atom is 0.204 e. The highest BCUT2D eigenvalue weighted by Gasteiger charge is 2.36. The zero-order chi connectivity index (χ0) is 14.4. The Labute approximate surface area is 129 Å². The van der Waals surface area contributed by atoms with Gasteiger partial charge in [-0.1, -0.05) is 0 Å². The lowest BCUT2D eigenvalue weighted by Crippen LogP contribution is -2.63. The number of nitrogens with one attached hydrogen (secondary N) is 1. The van der Waals surface area contributed by atoms with Crippen LogP contribution >= 0.6 is 15.9 Å². The van der Waals surface area contributed by atoms with Gasteiger partial charge in [-0.25, -0.2) is 4.98 Å². The summed E-state index contributed by atoms with van der Waals surface area (Å²) in [5.74, 6) is 1.09. The summed E-state index contributed by atoms with van der Waals surface area (Å²) in [5.41, 5.74) is 0.617. The van der Waals surface area contributed by atoms with E-state index in [9.17, 15) is 0 Å². The average molecular weight is 349 g/mol. The van der Waals surface area contributed by atoms with Crippen molar-refractivity contribution in [2.24, 2.45) is 0 Å². The van der Waals surface area contributed by atoms with E-state index in [1.165, 1.54) is 0 Å². The van der Waals surface area contributed by atoms with E-state index in [0.717, 1.165) is 42.0 Å². The van der Waals surface area contributed by atoms with Crippen molar-refractivity contribution < 1.29 is 9.15 Å². The van der Waals surface area contributed by atoms with Gasteiger partial charge >= 0.3 is 0 Å². The maximum atomic E-state index is 8.89. The molecule has 1 N–H and O–H groups in total. The van der Waals surface area contributed by atoms with Crippen molar-refractivity contribution in [3.05, 3.63) is 22.5 Å². The topological polar surface area (TPSA) is 74.3 Å². The summed E-state index contributed by atoms with van der Waals surface area (Å²) >= 11 is 3.55. The Morgan fingerprint density at radius 1 is 1.43 bits per heavy atom. The highest BCUT2D eigenvalue weighted by Crippen LogP contribution is 2.32. The summed E-state index contributed by atoms with van der Waals surface area (Å²) in [6.07, 6.45) is 1.65. The SMILES string of the molecule is N#Cc1cc2c(Br)c(NC3CN(C4COC4)C3)ncc2o1. The van der Waals surface area contributed by atoms with Crippen molar-refractivity contribution in [1.29, 1.82) is 5.26 Å². The van der Waals surface area contributed by atoms with E-state index in [1.54, 1.807) is 12.3 Å². The van der Waals surface area contributed by atoms with E-state index in [4.69, 9.17) is 14.4 Å². The van der Waals surface area contributed by atoms with Gasteiger partial charge in [0.05, 0.1) is 36.0 Å². The van der Waals surface area contributed by atoms with E-state index in [1.807, 2.05) is 6.07 Å². The van der Waals surface area contributed by atoms with Crippen molar-refractivity contribution in [3.63, 3.8) is 0 Å². The van der Waals surface area contributed by atoms with E-state index in [0.29, 0.717) is 23.4 Å². The zero-order valence-corrected chi connectivity index (χ0v) is 12.8. The van der Waals surface area contributed by atoms with Crippen LogP contribution in [0.15, 0.2) is 21.2 Å². The third kappa shape index (κ3) is 2.20. The first kappa shape index (κ1) is 13.1. The van der Waals surface area contributed by atoms with Crippen molar-refractivity contribution >= 4 is 32.7 Å². The van der Waals surface area contributed by atoms with Gasteiger partial charge in [-0.05, 0) is 15.9 Å². The van der Waals surface area contributed by atoms with Gasteiger partial charge in [0.1, 0.15) is 11.9 Å². The molecule has 0 amide bonds. The van der Waals surface area contributed by atoms with Gasteiger partial charge < -0.3 is 14.5 Å². The van der Waals surface area contributed by atoms with Crippen molar-refractivity contribution in [3.8, 4) is 6.07 Å². The third-order valence-corrected chi connectivity index (χ3v) is 4.82. The molecular formula is C14H13BrN4O2. The molecule has 108 valence electrons. The Hall–Kier alpha value is -1.62. The van der Waals surface area contributed by atoms with Gasteiger partial charge in [-0.15, -0.1) is 0 Å². The zero-order valence-electron chi connectivity index (χ0n) is 11.2. The molecule has 2 saturated heterocycles. The molecule has 4 rings (SSSR count). The van der Waals surface area contributed by atoms with Gasteiger partial charge in [-0.2, -0.15) is 5.26 Å². The summed E-state index contributed by atoms with van der Waals surface area (Å²) in [6, 6.07) is 4.72. The van der Waals surface area contributed by atoms with Gasteiger partial charge in [0.2, 0.25) is 5.76 Å². The van der Waals surface area contributed by atoms with Crippen LogP contribution in [-0.4, -0.2) is 48.3 Å². The first-order chi connectivity index (χ1) is 10.2. The van der Waals surface area contributed by atoms with Crippen LogP contribution < -0.4 is 5.32 Å². The molecule has 4 heterocycles. The second kappa shape index (κ2) is 4.98. The highest BCUT2D eigenvalue weighted by atomic mass is 79.9. The number of hydrogen-bond donors (Lipinski definition) is 1. The fraction of sp³-hybridized carbons (Fsp3) is 0.429. The number of aromatic nitrogens is 1. The Bertz CT molecular complexity index is 728. The Morgan fingerprint density at radius 3 is 2.90 bits per heavy atom. The molecule has 0 spiro atoms. The molecule has 0 saturated carbocycles. The number of furan rings is 1. The second-order valence-electron chi connectivity index (χ2n) is 5.41. The van der Waals surface area contributed by atoms with Crippen LogP contribution in [0.1, 0.15) is 5.76 Å². The number of ether oxygens (including phenoxy) is 1. The smallest absolute Gasteiger partial charge is 0.204 e. The molecule has 0 unspecified atom stereocenters. The molecule has 2 fully saturated rings. The van der Waals surface area contributed by atoms with Crippen LogP contribution in [0.5, 0.6) is 0 Å². The normalized spacial score (nSPS) is 20.0. The minimum absolute atomic E-state index is 0.296. The number of hydrogen-bond acceptors (Lipinski definition) is 6. The molecule has 0 atom stereocenters. The van der Waals surface area contributed by atoms with Crippen LogP contribution in [0.25, 0.3) is 11.0 Å². The van der Waals surface area contributed by atoms with Gasteiger partial charge in [0, 0.05) is 24.5 Å². The highest BCUT2D eigenvalue weighted by molar-refractivity contribution is 9.10. The lowest BCUT2D eigenvalue weighted by molar-refractivity contribution is -0.0874. The van der Waals surface area contributed by atoms with E-state index in [-0.39, 0.29) is 0 Å². The largest absolute Gasteiger partial charge is 0.444 e. The van der Waals surface area contributed by atoms with Crippen LogP contribution in [0.3, 0.4) is 0 Å². The lowest BCUT2D eigenvalue weighted by atomic mass is 10.0. The monoisotopic (exact) mass is 348 g/mol. The lowest BCUT2D eigenvalue weighted by Gasteiger charge is -2.47. The van der Waals surface area contributed by atoms with E-state index < -0.39 is 0 Å². The van der Waals surface area contributed by atoms with E-state index in [2.05, 4.69) is 31.1 Å². The number of halogens is 1. The first-order valence-corrected chi connectivity index (χ1v) is 7.60. The standard InChI is InChI=1S/C14H13BrN4O2/c15-13-11-1-10(2-16)21-12(11)3-17-14(13)18-8-4-19(5-8)9-6-20-7-9/h1,3,8-9H,4-7H2,(H,17,18). The minimum Gasteiger partial charge on any atom is -0.444 e. The van der Waals surface area contributed by atoms with Crippen LogP contribution in [0.4, 0.5) is 5.82 Å². The Balaban J connectivity index is 1.49. The van der Waals surface area contributed by atoms with Crippen LogP contribution in [-0.2, 0) is 4.74 Å². The number of likely N-dealkylation sites (tertiary alicyclic amines) is 1. The first-order valence-electron chi connectivity index (χ1n) is 6.81. The van der Waals surface area contributed by atoms with Crippen molar-refractivity contribution in [2.45, 2.75) is 12.1 Å². The molecule has 0 aliphatic carbocycles. The third-order valence-electron chi connectivity index (χ3n) is 4.01. The number of nitriles is 1. The van der Waals surface area contributed by atoms with E-state index >= 15 is 0 Å². The number of fused-ring (bicyclic) bond motifs is 1. The molecule has 7 heteroatoms. The fourth-order valence-electron chi connectivity index (χ4n) is 2.67. The maximum absolute atomic E-state index is 8.89. The predicted octanol–water partition coefficient (Wildman–Crippen LogP) is 1.96. The number of rotatable bonds is 3. The summed E-state index contributed by atoms with van der Waals surface area (Å²) in [5, 5.41) is 13.2. The average Bonchev–Trinajstić information content (AvgIpc) is 2.81. The van der Waals surface area contributed by atoms with Crippen LogP contribution in [0.2, 0.25) is 0 Å². The molecule has 2 aromatic rings. The number of anilines is 1. The van der Waals surface area contributed by atoms with Gasteiger partial charge in [-0.3, -0.25) is 4.90 Å². The van der Waals surface area contributed by atoms with Crippen molar-refractivity contribution in [2.75, 3.05) is 31.6 Å². The Kier molecular flexibility index (Phi) is 3.10. The molecule has 2 aliphatic heterocycles. The molecule has 21 heavy (non-hydrogen) atoms. The molecule has 6 nitrogen and oxygen atoms in total. The number of pyridine rings is 1. The molecule has 2 aliphatic rings. The van der Waals surface area contributed by atoms with Gasteiger partial charge in [0.15, 0.2) is 5.58 Å². The van der Waals surface area contributed by atoms with Crippen molar-refractivity contribution in [1.82, 2.24) is 9.88 Å². The second-order valence-corrected chi connectivity index (χ2v) is 6.20. The quantitative estimate of drug-likeness (QED) is 0.913. The van der Waals surface area contributed by atoms with Gasteiger partial charge in [0.25, 0.3) is 0 Å². The number of nitrogens with zero attached hydrogens (tertiary/aromatic N) is 3. The van der Waals surface area contributed by atoms with Crippen LogP contribution in [0, 0.1) is 11.3 Å². The summed E-state index contributed by atoms with van der Waals surface area (Å²) in [4.78, 5) is 6.79. The minimum atomic E-state index is 0.296. The molecular weight excluding hydrogens is 336 g/mol. The summed E-state index contributed by atoms with van der Waals surface area (Å²) in [7, 11) is 0. The predicted molar refractivity (Wildman–Crippen MR) is 80.0 cm³/mol. The fourth-order valence-corrected chi connectivity index (χ4v) is 3.19. The molecule has 0 bridgehead atoms.